The summed E-state index contributed by atoms with van der Waals surface area (Å²) in [5.74, 6) is -0.102. The molecule has 1 saturated heterocycles. The summed E-state index contributed by atoms with van der Waals surface area (Å²) in [7, 11) is 0. The third-order valence-electron chi connectivity index (χ3n) is 4.71. The molecule has 1 heterocycles. The molecule has 28 heavy (non-hydrogen) atoms. The van der Waals surface area contributed by atoms with Crippen molar-refractivity contribution in [1.29, 1.82) is 0 Å². The molecule has 3 atom stereocenters. The summed E-state index contributed by atoms with van der Waals surface area (Å²) in [4.78, 5) is 14.9. The first kappa shape index (κ1) is 23.0. The van der Waals surface area contributed by atoms with Crippen molar-refractivity contribution in [3.8, 4) is 0 Å². The van der Waals surface area contributed by atoms with Crippen LogP contribution in [-0.4, -0.2) is 74.3 Å². The topological polar surface area (TPSA) is 68.2 Å². The summed E-state index contributed by atoms with van der Waals surface area (Å²) in [6.45, 7) is 7.41. The van der Waals surface area contributed by atoms with Gasteiger partial charge in [-0.05, 0) is 0 Å². The van der Waals surface area contributed by atoms with Gasteiger partial charge in [-0.25, -0.2) is 0 Å². The maximum absolute atomic E-state index is 13.3. The Hall–Kier alpha value is -1.24. The molecule has 7 heteroatoms. The van der Waals surface area contributed by atoms with Gasteiger partial charge in [0.1, 0.15) is 0 Å². The molecule has 0 saturated carbocycles. The SMILES string of the molecule is CCCCOC[C@H](O)[C@@H](OCc1ccccc1)C(=O)N1C(=[Se])OC[C@@H]1C(C)C. The van der Waals surface area contributed by atoms with E-state index < -0.39 is 12.2 Å². The van der Waals surface area contributed by atoms with Crippen LogP contribution in [0, 0.1) is 5.92 Å². The Balaban J connectivity index is 2.11. The molecule has 2 rings (SSSR count). The molecule has 156 valence electrons. The van der Waals surface area contributed by atoms with Gasteiger partial charge in [0.2, 0.25) is 0 Å². The number of aliphatic hydroxyl groups excluding tert-OH is 1. The molecule has 1 fully saturated rings. The van der Waals surface area contributed by atoms with Crippen LogP contribution in [0.1, 0.15) is 39.2 Å². The Morgan fingerprint density at radius 3 is 2.71 bits per heavy atom. The second-order valence-corrected chi connectivity index (χ2v) is 8.04. The Kier molecular flexibility index (Phi) is 9.62. The molecule has 6 nitrogen and oxygen atoms in total. The molecule has 1 N–H and O–H groups in total. The summed E-state index contributed by atoms with van der Waals surface area (Å²) in [6.07, 6.45) is -0.177. The molecule has 0 aliphatic carbocycles. The van der Waals surface area contributed by atoms with E-state index in [0.29, 0.717) is 17.9 Å². The minimum atomic E-state index is -1.06. The average Bonchev–Trinajstić information content (AvgIpc) is 3.08. The van der Waals surface area contributed by atoms with Crippen LogP contribution in [0.5, 0.6) is 0 Å². The Labute approximate surface area is 175 Å². The Bertz CT molecular complexity index is 624. The third-order valence-corrected chi connectivity index (χ3v) is 5.37. The van der Waals surface area contributed by atoms with Crippen molar-refractivity contribution < 1.29 is 24.1 Å². The fourth-order valence-electron chi connectivity index (χ4n) is 2.96. The van der Waals surface area contributed by atoms with Crippen LogP contribution in [-0.2, 0) is 25.6 Å². The molecule has 0 unspecified atom stereocenters. The van der Waals surface area contributed by atoms with E-state index >= 15 is 0 Å². The summed E-state index contributed by atoms with van der Waals surface area (Å²) in [5.41, 5.74) is 0.935. The van der Waals surface area contributed by atoms with E-state index in [1.54, 1.807) is 4.90 Å². The predicted octanol–water partition coefficient (Wildman–Crippen LogP) is 1.89. The van der Waals surface area contributed by atoms with Crippen LogP contribution in [0.3, 0.4) is 0 Å². The number of benzene rings is 1. The number of carbonyl (C=O) groups excluding carboxylic acids is 1. The third kappa shape index (κ3) is 6.39. The fraction of sp³-hybridized carbons (Fsp3) is 0.619. The number of amides is 1. The number of aliphatic hydroxyl groups is 1. The van der Waals surface area contributed by atoms with E-state index in [4.69, 9.17) is 14.2 Å². The molecule has 1 aliphatic heterocycles. The molecule has 0 bridgehead atoms. The molecular formula is C21H31NO5Se. The summed E-state index contributed by atoms with van der Waals surface area (Å²) in [6, 6.07) is 9.50. The zero-order valence-electron chi connectivity index (χ0n) is 16.9. The van der Waals surface area contributed by atoms with Gasteiger partial charge in [-0.1, -0.05) is 0 Å². The number of hydrogen-bond donors (Lipinski definition) is 1. The molecular weight excluding hydrogens is 425 g/mol. The standard InChI is InChI=1S/C21H31NO5Se/c1-4-5-11-25-14-18(23)19(26-12-16-9-7-6-8-10-16)20(24)22-17(15(2)3)13-27-21(22)28/h6-10,15,17-19,23H,4-5,11-14H2,1-3H3/t17-,18+,19-/m1/s1. The number of hydrogen-bond acceptors (Lipinski definition) is 5. The number of rotatable bonds is 11. The van der Waals surface area contributed by atoms with Crippen LogP contribution in [0.4, 0.5) is 0 Å². The molecule has 1 amide bonds. The molecule has 0 radical (unpaired) electrons. The zero-order chi connectivity index (χ0) is 20.5. The quantitative estimate of drug-likeness (QED) is 0.407. The number of carbonyl (C=O) groups is 1. The second kappa shape index (κ2) is 11.7. The molecule has 1 aliphatic rings. The monoisotopic (exact) mass is 457 g/mol. The molecule has 0 spiro atoms. The number of unbranched alkanes of at least 4 members (excludes halogenated alkanes) is 1. The van der Waals surface area contributed by atoms with Crippen molar-refractivity contribution in [2.24, 2.45) is 5.92 Å². The number of ether oxygens (including phenoxy) is 3. The number of nitrogens with zero attached hydrogens (tertiary/aromatic N) is 1. The van der Waals surface area contributed by atoms with E-state index in [9.17, 15) is 9.90 Å². The van der Waals surface area contributed by atoms with Crippen molar-refractivity contribution in [3.05, 3.63) is 35.9 Å². The normalized spacial score (nSPS) is 19.0. The Morgan fingerprint density at radius 2 is 2.07 bits per heavy atom. The van der Waals surface area contributed by atoms with Gasteiger partial charge in [0.15, 0.2) is 0 Å². The van der Waals surface area contributed by atoms with Crippen molar-refractivity contribution >= 4 is 26.2 Å². The van der Waals surface area contributed by atoms with E-state index in [0.717, 1.165) is 18.4 Å². The van der Waals surface area contributed by atoms with Gasteiger partial charge in [0, 0.05) is 0 Å². The van der Waals surface area contributed by atoms with E-state index in [-0.39, 0.29) is 31.1 Å². The minimum absolute atomic E-state index is 0.0506. The van der Waals surface area contributed by atoms with Crippen LogP contribution in [0.2, 0.25) is 0 Å². The van der Waals surface area contributed by atoms with Gasteiger partial charge in [0.25, 0.3) is 0 Å². The van der Waals surface area contributed by atoms with Crippen molar-refractivity contribution in [3.63, 3.8) is 0 Å². The van der Waals surface area contributed by atoms with Gasteiger partial charge in [-0.2, -0.15) is 0 Å². The maximum atomic E-state index is 13.3. The van der Waals surface area contributed by atoms with E-state index in [2.05, 4.69) is 22.5 Å². The molecule has 1 aromatic rings. The van der Waals surface area contributed by atoms with Gasteiger partial charge in [0.05, 0.1) is 0 Å². The van der Waals surface area contributed by atoms with E-state index in [1.165, 1.54) is 0 Å². The van der Waals surface area contributed by atoms with Crippen LogP contribution in [0.25, 0.3) is 0 Å². The van der Waals surface area contributed by atoms with Crippen LogP contribution in [0.15, 0.2) is 30.3 Å². The van der Waals surface area contributed by atoms with Crippen LogP contribution < -0.4 is 0 Å². The van der Waals surface area contributed by atoms with Gasteiger partial charge >= 0.3 is 175 Å². The summed E-state index contributed by atoms with van der Waals surface area (Å²) < 4.78 is 17.4. The first-order valence-electron chi connectivity index (χ1n) is 9.86. The molecule has 1 aromatic carbocycles. The van der Waals surface area contributed by atoms with Crippen molar-refractivity contribution in [1.82, 2.24) is 4.90 Å². The summed E-state index contributed by atoms with van der Waals surface area (Å²) >= 11 is 2.81. The van der Waals surface area contributed by atoms with Gasteiger partial charge in [-0.3, -0.25) is 0 Å². The second-order valence-electron chi connectivity index (χ2n) is 7.31. The van der Waals surface area contributed by atoms with Crippen molar-refractivity contribution in [2.45, 2.75) is 58.5 Å². The zero-order valence-corrected chi connectivity index (χ0v) is 18.6. The Morgan fingerprint density at radius 1 is 1.36 bits per heavy atom. The first-order chi connectivity index (χ1) is 13.5. The first-order valence-corrected chi connectivity index (χ1v) is 10.7. The predicted molar refractivity (Wildman–Crippen MR) is 109 cm³/mol. The van der Waals surface area contributed by atoms with E-state index in [1.807, 2.05) is 44.2 Å². The molecule has 0 aromatic heterocycles. The fourth-order valence-corrected chi connectivity index (χ4v) is 3.58. The van der Waals surface area contributed by atoms with Crippen molar-refractivity contribution in [2.75, 3.05) is 19.8 Å². The van der Waals surface area contributed by atoms with Gasteiger partial charge in [-0.15, -0.1) is 0 Å². The van der Waals surface area contributed by atoms with Crippen LogP contribution >= 0.6 is 0 Å². The average molecular weight is 456 g/mol. The summed E-state index contributed by atoms with van der Waals surface area (Å²) in [5, 5.41) is 10.7. The van der Waals surface area contributed by atoms with Gasteiger partial charge < -0.3 is 0 Å².